The summed E-state index contributed by atoms with van der Waals surface area (Å²) >= 11 is 5.85. The van der Waals surface area contributed by atoms with E-state index in [1.54, 1.807) is 0 Å². The molecule has 0 aliphatic heterocycles. The molecule has 0 fully saturated rings. The van der Waals surface area contributed by atoms with Crippen molar-refractivity contribution >= 4 is 28.5 Å². The molecule has 0 radical (unpaired) electrons. The molecule has 0 bridgehead atoms. The van der Waals surface area contributed by atoms with Crippen LogP contribution in [0.4, 0.5) is 0 Å². The van der Waals surface area contributed by atoms with Crippen molar-refractivity contribution in [1.29, 1.82) is 0 Å². The van der Waals surface area contributed by atoms with E-state index in [1.165, 1.54) is 0 Å². The van der Waals surface area contributed by atoms with Gasteiger partial charge < -0.3 is 15.0 Å². The van der Waals surface area contributed by atoms with Crippen molar-refractivity contribution in [3.8, 4) is 5.75 Å². The molecule has 0 atom stereocenters. The van der Waals surface area contributed by atoms with Crippen LogP contribution in [-0.2, 0) is 17.8 Å². The number of fused-ring (bicyclic) bond motifs is 1. The van der Waals surface area contributed by atoms with E-state index in [1.807, 2.05) is 22.8 Å². The van der Waals surface area contributed by atoms with Crippen molar-refractivity contribution in [3.63, 3.8) is 0 Å². The van der Waals surface area contributed by atoms with E-state index in [2.05, 4.69) is 11.9 Å². The number of hydrogen-bond acceptors (Lipinski definition) is 3. The largest absolute Gasteiger partial charge is 0.491 e. The SMILES string of the molecule is CCCOc1cccc2c1nc(CCCl)n2CCC(N)=O. The van der Waals surface area contributed by atoms with Gasteiger partial charge in [0.25, 0.3) is 0 Å². The van der Waals surface area contributed by atoms with E-state index in [0.29, 0.717) is 25.5 Å². The van der Waals surface area contributed by atoms with Gasteiger partial charge in [-0.3, -0.25) is 4.79 Å². The number of nitrogens with two attached hydrogens (primary N) is 1. The van der Waals surface area contributed by atoms with E-state index >= 15 is 0 Å². The molecule has 1 heterocycles. The first kappa shape index (κ1) is 15.6. The zero-order valence-electron chi connectivity index (χ0n) is 12.1. The van der Waals surface area contributed by atoms with E-state index in [-0.39, 0.29) is 12.3 Å². The van der Waals surface area contributed by atoms with Crippen molar-refractivity contribution in [2.24, 2.45) is 5.73 Å². The number of halogens is 1. The number of ether oxygens (including phenoxy) is 1. The lowest BCUT2D eigenvalue weighted by molar-refractivity contribution is -0.118. The third-order valence-corrected chi connectivity index (χ3v) is 3.37. The van der Waals surface area contributed by atoms with Crippen LogP contribution in [0.5, 0.6) is 5.75 Å². The molecule has 2 aromatic rings. The number of imidazole rings is 1. The summed E-state index contributed by atoms with van der Waals surface area (Å²) in [5.41, 5.74) is 7.01. The third-order valence-electron chi connectivity index (χ3n) is 3.18. The summed E-state index contributed by atoms with van der Waals surface area (Å²) in [5.74, 6) is 1.77. The fourth-order valence-electron chi connectivity index (χ4n) is 2.24. The van der Waals surface area contributed by atoms with Gasteiger partial charge in [-0.05, 0) is 18.6 Å². The van der Waals surface area contributed by atoms with Gasteiger partial charge >= 0.3 is 0 Å². The highest BCUT2D eigenvalue weighted by molar-refractivity contribution is 6.17. The molecule has 1 aromatic heterocycles. The topological polar surface area (TPSA) is 70.1 Å². The van der Waals surface area contributed by atoms with Crippen molar-refractivity contribution in [1.82, 2.24) is 9.55 Å². The van der Waals surface area contributed by atoms with Gasteiger partial charge in [-0.25, -0.2) is 4.98 Å². The van der Waals surface area contributed by atoms with E-state index in [4.69, 9.17) is 22.1 Å². The number of aromatic nitrogens is 2. The summed E-state index contributed by atoms with van der Waals surface area (Å²) in [6, 6.07) is 5.81. The van der Waals surface area contributed by atoms with Crippen LogP contribution in [0.1, 0.15) is 25.6 Å². The highest BCUT2D eigenvalue weighted by Gasteiger charge is 2.14. The van der Waals surface area contributed by atoms with Gasteiger partial charge in [0.05, 0.1) is 12.1 Å². The zero-order chi connectivity index (χ0) is 15.2. The van der Waals surface area contributed by atoms with Gasteiger partial charge in [0.1, 0.15) is 17.1 Å². The van der Waals surface area contributed by atoms with Gasteiger partial charge in [-0.1, -0.05) is 13.0 Å². The second-order valence-electron chi connectivity index (χ2n) is 4.81. The smallest absolute Gasteiger partial charge is 0.219 e. The minimum atomic E-state index is -0.327. The molecule has 2 rings (SSSR count). The van der Waals surface area contributed by atoms with Gasteiger partial charge in [0.2, 0.25) is 5.91 Å². The molecule has 5 nitrogen and oxygen atoms in total. The van der Waals surface area contributed by atoms with Crippen LogP contribution >= 0.6 is 11.6 Å². The van der Waals surface area contributed by atoms with E-state index < -0.39 is 0 Å². The van der Waals surface area contributed by atoms with Gasteiger partial charge in [0.15, 0.2) is 0 Å². The number of nitrogens with zero attached hydrogens (tertiary/aromatic N) is 2. The minimum absolute atomic E-state index is 0.279. The van der Waals surface area contributed by atoms with Crippen molar-refractivity contribution < 1.29 is 9.53 Å². The summed E-state index contributed by atoms with van der Waals surface area (Å²) in [6.07, 6.45) is 1.86. The standard InChI is InChI=1S/C15H20ClN3O2/c1-2-10-21-12-5-3-4-11-15(12)18-14(6-8-16)19(11)9-7-13(17)20/h3-5H,2,6-10H2,1H3,(H2,17,20). The number of hydrogen-bond donors (Lipinski definition) is 1. The predicted octanol–water partition coefficient (Wildman–Crippen LogP) is 2.48. The summed E-state index contributed by atoms with van der Waals surface area (Å²) in [6.45, 7) is 3.22. The van der Waals surface area contributed by atoms with Gasteiger partial charge in [-0.15, -0.1) is 11.6 Å². The lowest BCUT2D eigenvalue weighted by Crippen LogP contribution is -2.15. The number of para-hydroxylation sites is 1. The lowest BCUT2D eigenvalue weighted by atomic mass is 10.3. The molecule has 0 aliphatic carbocycles. The first-order valence-electron chi connectivity index (χ1n) is 7.12. The Bertz CT molecular complexity index is 625. The molecule has 114 valence electrons. The predicted molar refractivity (Wildman–Crippen MR) is 83.8 cm³/mol. The molecule has 1 amide bonds. The van der Waals surface area contributed by atoms with Crippen LogP contribution in [0.15, 0.2) is 18.2 Å². The van der Waals surface area contributed by atoms with Gasteiger partial charge in [0, 0.05) is 25.3 Å². The Morgan fingerprint density at radius 1 is 1.48 bits per heavy atom. The lowest BCUT2D eigenvalue weighted by Gasteiger charge is -2.08. The van der Waals surface area contributed by atoms with Crippen LogP contribution in [0.3, 0.4) is 0 Å². The number of alkyl halides is 1. The van der Waals surface area contributed by atoms with Crippen LogP contribution < -0.4 is 10.5 Å². The number of amides is 1. The Labute approximate surface area is 129 Å². The fraction of sp³-hybridized carbons (Fsp3) is 0.467. The van der Waals surface area contributed by atoms with Crippen molar-refractivity contribution in [2.45, 2.75) is 32.7 Å². The summed E-state index contributed by atoms with van der Waals surface area (Å²) in [5, 5.41) is 0. The Kier molecular flexibility index (Phi) is 5.44. The Hall–Kier alpha value is -1.75. The molecule has 0 saturated carbocycles. The molecule has 0 saturated heterocycles. The van der Waals surface area contributed by atoms with Crippen LogP contribution in [0, 0.1) is 0 Å². The molecular formula is C15H20ClN3O2. The van der Waals surface area contributed by atoms with Crippen LogP contribution in [0.25, 0.3) is 11.0 Å². The molecule has 2 N–H and O–H groups in total. The maximum absolute atomic E-state index is 11.0. The zero-order valence-corrected chi connectivity index (χ0v) is 12.9. The van der Waals surface area contributed by atoms with Crippen molar-refractivity contribution in [3.05, 3.63) is 24.0 Å². The summed E-state index contributed by atoms with van der Waals surface area (Å²) in [7, 11) is 0. The number of primary amides is 1. The first-order valence-corrected chi connectivity index (χ1v) is 7.66. The Morgan fingerprint density at radius 3 is 2.95 bits per heavy atom. The molecule has 0 aliphatic rings. The molecule has 0 unspecified atom stereocenters. The average Bonchev–Trinajstić information content (AvgIpc) is 2.81. The molecule has 1 aromatic carbocycles. The second-order valence-corrected chi connectivity index (χ2v) is 5.19. The fourth-order valence-corrected chi connectivity index (χ4v) is 2.41. The Morgan fingerprint density at radius 2 is 2.29 bits per heavy atom. The van der Waals surface area contributed by atoms with Crippen LogP contribution in [-0.4, -0.2) is 27.9 Å². The van der Waals surface area contributed by atoms with Crippen LogP contribution in [0.2, 0.25) is 0 Å². The number of carbonyl (C=O) groups excluding carboxylic acids is 1. The molecule has 6 heteroatoms. The average molecular weight is 310 g/mol. The van der Waals surface area contributed by atoms with Gasteiger partial charge in [-0.2, -0.15) is 0 Å². The molecule has 0 spiro atoms. The van der Waals surface area contributed by atoms with E-state index in [0.717, 1.165) is 29.0 Å². The van der Waals surface area contributed by atoms with Crippen molar-refractivity contribution in [2.75, 3.05) is 12.5 Å². The first-order chi connectivity index (χ1) is 10.2. The monoisotopic (exact) mass is 309 g/mol. The summed E-state index contributed by atoms with van der Waals surface area (Å²) in [4.78, 5) is 15.7. The highest BCUT2D eigenvalue weighted by atomic mass is 35.5. The third kappa shape index (κ3) is 3.67. The number of benzene rings is 1. The molecule has 21 heavy (non-hydrogen) atoms. The molecular weight excluding hydrogens is 290 g/mol. The highest BCUT2D eigenvalue weighted by Crippen LogP contribution is 2.27. The Balaban J connectivity index is 2.43. The minimum Gasteiger partial charge on any atom is -0.491 e. The normalized spacial score (nSPS) is 11.0. The maximum Gasteiger partial charge on any atom is 0.219 e. The summed E-state index contributed by atoms with van der Waals surface area (Å²) < 4.78 is 7.74. The number of carbonyl (C=O) groups is 1. The van der Waals surface area contributed by atoms with E-state index in [9.17, 15) is 4.79 Å². The number of rotatable bonds is 8. The quantitative estimate of drug-likeness (QED) is 0.762. The second kappa shape index (κ2) is 7.31. The maximum atomic E-state index is 11.0. The number of aryl methyl sites for hydroxylation is 2.